The quantitative estimate of drug-likeness (QED) is 0.609. The topological polar surface area (TPSA) is 79.5 Å². The highest BCUT2D eigenvalue weighted by atomic mass is 16.5. The largest absolute Gasteiger partial charge is 0.363 e. The molecule has 140 valence electrons. The number of benzene rings is 1. The van der Waals surface area contributed by atoms with Gasteiger partial charge in [0.2, 0.25) is 5.78 Å². The van der Waals surface area contributed by atoms with Crippen molar-refractivity contribution in [3.8, 4) is 11.1 Å². The minimum Gasteiger partial charge on any atom is -0.363 e. The van der Waals surface area contributed by atoms with Gasteiger partial charge in [0.05, 0.1) is 28.8 Å². The van der Waals surface area contributed by atoms with Crippen molar-refractivity contribution in [1.82, 2.24) is 5.16 Å². The Morgan fingerprint density at radius 2 is 2.07 bits per heavy atom. The Bertz CT molecular complexity index is 947. The molecule has 6 heteroatoms. The van der Waals surface area contributed by atoms with E-state index in [0.717, 1.165) is 34.0 Å². The molecule has 27 heavy (non-hydrogen) atoms. The predicted octanol–water partition coefficient (Wildman–Crippen LogP) is 4.36. The Morgan fingerprint density at radius 3 is 2.67 bits per heavy atom. The van der Waals surface area contributed by atoms with Gasteiger partial charge in [-0.05, 0) is 63.3 Å². The van der Waals surface area contributed by atoms with Crippen LogP contribution in [0.4, 0.5) is 11.4 Å². The molecule has 2 heterocycles. The normalized spacial score (nSPS) is 19.1. The highest BCUT2D eigenvalue weighted by Gasteiger charge is 2.37. The van der Waals surface area contributed by atoms with E-state index in [4.69, 9.17) is 4.52 Å². The minimum absolute atomic E-state index is 0.0915. The van der Waals surface area contributed by atoms with Crippen LogP contribution in [0.2, 0.25) is 0 Å². The summed E-state index contributed by atoms with van der Waals surface area (Å²) in [7, 11) is 1.64. The Kier molecular flexibility index (Phi) is 4.34. The molecule has 1 fully saturated rings. The van der Waals surface area contributed by atoms with E-state index in [9.17, 15) is 4.79 Å². The summed E-state index contributed by atoms with van der Waals surface area (Å²) in [6.45, 7) is 5.69. The van der Waals surface area contributed by atoms with Crippen molar-refractivity contribution in [2.45, 2.75) is 39.8 Å². The summed E-state index contributed by atoms with van der Waals surface area (Å²) in [6, 6.07) is 4.00. The summed E-state index contributed by atoms with van der Waals surface area (Å²) < 4.78 is 5.34. The molecule has 1 saturated carbocycles. The molecule has 1 atom stereocenters. The lowest BCUT2D eigenvalue weighted by Gasteiger charge is -2.11. The molecule has 2 aromatic rings. The highest BCUT2D eigenvalue weighted by molar-refractivity contribution is 6.51. The van der Waals surface area contributed by atoms with Crippen molar-refractivity contribution >= 4 is 22.9 Å². The number of anilines is 2. The van der Waals surface area contributed by atoms with Gasteiger partial charge in [-0.15, -0.1) is 0 Å². The number of carbonyl (C=O) groups excluding carboxylic acids is 1. The van der Waals surface area contributed by atoms with Crippen LogP contribution < -0.4 is 10.6 Å². The fourth-order valence-electron chi connectivity index (χ4n) is 3.70. The number of hydrogen-bond acceptors (Lipinski definition) is 6. The van der Waals surface area contributed by atoms with Crippen molar-refractivity contribution in [3.63, 3.8) is 0 Å². The Hall–Kier alpha value is -2.89. The number of rotatable bonds is 5. The second-order valence-electron chi connectivity index (χ2n) is 7.19. The van der Waals surface area contributed by atoms with E-state index < -0.39 is 0 Å². The maximum atomic E-state index is 13.2. The molecule has 1 aromatic carbocycles. The van der Waals surface area contributed by atoms with Gasteiger partial charge >= 0.3 is 0 Å². The number of hydrogen-bond donors (Lipinski definition) is 2. The standard InChI is InChI=1S/C21H24N4O2/c1-5-6-16(22-4)20(26)15-9-14(18-11(2)25-27-12(18)3)10-17-19(15)24-21(23-17)13-7-8-13/h5-6,9-10,13,21,23-24H,7-8H2,1-4H3. The smallest absolute Gasteiger partial charge is 0.213 e. The third-order valence-electron chi connectivity index (χ3n) is 5.21. The molecule has 1 aliphatic heterocycles. The van der Waals surface area contributed by atoms with Gasteiger partial charge < -0.3 is 15.2 Å². The second kappa shape index (κ2) is 6.68. The van der Waals surface area contributed by atoms with Gasteiger partial charge in [-0.1, -0.05) is 11.2 Å². The lowest BCUT2D eigenvalue weighted by atomic mass is 9.96. The van der Waals surface area contributed by atoms with Gasteiger partial charge in [-0.2, -0.15) is 0 Å². The maximum Gasteiger partial charge on any atom is 0.213 e. The number of nitrogens with zero attached hydrogens (tertiary/aromatic N) is 2. The van der Waals surface area contributed by atoms with Crippen molar-refractivity contribution in [3.05, 3.63) is 41.3 Å². The number of aliphatic imine (C=N–C) groups is 1. The van der Waals surface area contributed by atoms with Crippen LogP contribution in [0, 0.1) is 19.8 Å². The summed E-state index contributed by atoms with van der Waals surface area (Å²) in [5.74, 6) is 1.26. The number of aryl methyl sites for hydroxylation is 2. The first kappa shape index (κ1) is 17.5. The van der Waals surface area contributed by atoms with Crippen LogP contribution in [0.25, 0.3) is 11.1 Å². The van der Waals surface area contributed by atoms with Crippen molar-refractivity contribution in [2.75, 3.05) is 17.7 Å². The first-order valence-electron chi connectivity index (χ1n) is 9.32. The zero-order valence-corrected chi connectivity index (χ0v) is 16.1. The molecule has 0 spiro atoms. The van der Waals surface area contributed by atoms with Gasteiger partial charge in [0.15, 0.2) is 0 Å². The van der Waals surface area contributed by atoms with Crippen molar-refractivity contribution in [2.24, 2.45) is 10.9 Å². The fourth-order valence-corrected chi connectivity index (χ4v) is 3.70. The summed E-state index contributed by atoms with van der Waals surface area (Å²) in [4.78, 5) is 17.4. The fraction of sp³-hybridized carbons (Fsp3) is 0.381. The molecule has 4 rings (SSSR count). The predicted molar refractivity (Wildman–Crippen MR) is 108 cm³/mol. The third-order valence-corrected chi connectivity index (χ3v) is 5.21. The van der Waals surface area contributed by atoms with Crippen LogP contribution >= 0.6 is 0 Å². The van der Waals surface area contributed by atoms with E-state index in [0.29, 0.717) is 17.2 Å². The van der Waals surface area contributed by atoms with E-state index in [1.165, 1.54) is 12.8 Å². The summed E-state index contributed by atoms with van der Waals surface area (Å²) in [6.07, 6.45) is 6.17. The number of fused-ring (bicyclic) bond motifs is 1. The highest BCUT2D eigenvalue weighted by Crippen LogP contribution is 2.44. The molecule has 0 amide bonds. The molecule has 0 saturated heterocycles. The lowest BCUT2D eigenvalue weighted by molar-refractivity contribution is 0.106. The van der Waals surface area contributed by atoms with E-state index in [1.807, 2.05) is 32.9 Å². The molecular formula is C21H24N4O2. The number of aromatic nitrogens is 1. The number of allylic oxidation sites excluding steroid dienone is 2. The van der Waals surface area contributed by atoms with Gasteiger partial charge in [-0.3, -0.25) is 9.79 Å². The summed E-state index contributed by atoms with van der Waals surface area (Å²) in [5.41, 5.74) is 5.54. The van der Waals surface area contributed by atoms with Gasteiger partial charge in [0.25, 0.3) is 0 Å². The van der Waals surface area contributed by atoms with E-state index in [-0.39, 0.29) is 11.9 Å². The zero-order chi connectivity index (χ0) is 19.1. The third kappa shape index (κ3) is 3.05. The van der Waals surface area contributed by atoms with Crippen LogP contribution in [0.5, 0.6) is 0 Å². The molecule has 0 radical (unpaired) electrons. The molecule has 1 aromatic heterocycles. The van der Waals surface area contributed by atoms with E-state index in [2.05, 4.69) is 26.8 Å². The Balaban J connectivity index is 1.85. The molecular weight excluding hydrogens is 340 g/mol. The molecule has 2 N–H and O–H groups in total. The number of nitrogens with one attached hydrogen (secondary N) is 2. The average Bonchev–Trinajstić information content (AvgIpc) is 3.34. The first-order valence-corrected chi connectivity index (χ1v) is 9.32. The van der Waals surface area contributed by atoms with Crippen LogP contribution in [-0.4, -0.2) is 29.9 Å². The number of Topliss-reactive ketones (excluding diaryl/α,β-unsaturated/α-hetero) is 1. The molecule has 0 bridgehead atoms. The maximum absolute atomic E-state index is 13.2. The second-order valence-corrected chi connectivity index (χ2v) is 7.19. The van der Waals surface area contributed by atoms with Crippen LogP contribution in [-0.2, 0) is 0 Å². The average molecular weight is 364 g/mol. The monoisotopic (exact) mass is 364 g/mol. The number of ketones is 1. The van der Waals surface area contributed by atoms with E-state index in [1.54, 1.807) is 13.1 Å². The lowest BCUT2D eigenvalue weighted by Crippen LogP contribution is -2.24. The van der Waals surface area contributed by atoms with Crippen LogP contribution in [0.1, 0.15) is 41.6 Å². The number of carbonyl (C=O) groups is 1. The van der Waals surface area contributed by atoms with Gasteiger partial charge in [0, 0.05) is 12.6 Å². The SMILES string of the molecule is CC=CC(=NC)C(=O)c1cc(-c2c(C)noc2C)cc2c1NC(C1CC1)N2. The molecule has 6 nitrogen and oxygen atoms in total. The van der Waals surface area contributed by atoms with E-state index >= 15 is 0 Å². The van der Waals surface area contributed by atoms with Crippen LogP contribution in [0.3, 0.4) is 0 Å². The van der Waals surface area contributed by atoms with Crippen molar-refractivity contribution < 1.29 is 9.32 Å². The van der Waals surface area contributed by atoms with Gasteiger partial charge in [0.1, 0.15) is 11.5 Å². The molecule has 1 unspecified atom stereocenters. The summed E-state index contributed by atoms with van der Waals surface area (Å²) >= 11 is 0. The zero-order valence-electron chi connectivity index (χ0n) is 16.1. The van der Waals surface area contributed by atoms with Gasteiger partial charge in [-0.25, -0.2) is 0 Å². The molecule has 1 aliphatic carbocycles. The van der Waals surface area contributed by atoms with Crippen LogP contribution in [0.15, 0.2) is 33.8 Å². The minimum atomic E-state index is -0.0915. The Labute approximate surface area is 158 Å². The Morgan fingerprint density at radius 1 is 1.30 bits per heavy atom. The first-order chi connectivity index (χ1) is 13.0. The van der Waals surface area contributed by atoms with Crippen molar-refractivity contribution in [1.29, 1.82) is 0 Å². The molecule has 2 aliphatic rings. The summed E-state index contributed by atoms with van der Waals surface area (Å²) in [5, 5.41) is 11.1.